The Balaban J connectivity index is 2.27. The predicted octanol–water partition coefficient (Wildman–Crippen LogP) is 7.64. The van der Waals surface area contributed by atoms with Gasteiger partial charge in [0.05, 0.1) is 11.5 Å². The molecule has 1 saturated heterocycles. The highest BCUT2D eigenvalue weighted by atomic mass is 35.5. The SMILES string of the molecule is C=CC[C@@]1(C)CC(c2cccc(Cl)c2)[C@@H](c2ccc(Cl)cc2)N(C(CC)C(C)C(C)=O)C1=O. The van der Waals surface area contributed by atoms with Crippen LogP contribution in [-0.2, 0) is 9.59 Å². The molecule has 3 nitrogen and oxygen atoms in total. The first-order chi connectivity index (χ1) is 15.6. The van der Waals surface area contributed by atoms with E-state index < -0.39 is 5.41 Å². The molecule has 0 saturated carbocycles. The number of piperidine rings is 1. The summed E-state index contributed by atoms with van der Waals surface area (Å²) >= 11 is 12.6. The van der Waals surface area contributed by atoms with E-state index >= 15 is 0 Å². The van der Waals surface area contributed by atoms with Gasteiger partial charge in [-0.25, -0.2) is 0 Å². The van der Waals surface area contributed by atoms with Crippen LogP contribution in [0.15, 0.2) is 61.2 Å². The van der Waals surface area contributed by atoms with Gasteiger partial charge in [0, 0.05) is 27.9 Å². The molecule has 0 aliphatic carbocycles. The molecular weight excluding hydrogens is 453 g/mol. The number of benzene rings is 2. The van der Waals surface area contributed by atoms with Crippen molar-refractivity contribution in [2.45, 2.75) is 65.0 Å². The Morgan fingerprint density at radius 1 is 1.18 bits per heavy atom. The van der Waals surface area contributed by atoms with Crippen molar-refractivity contribution >= 4 is 34.9 Å². The molecule has 0 spiro atoms. The maximum Gasteiger partial charge on any atom is 0.229 e. The van der Waals surface area contributed by atoms with Gasteiger partial charge < -0.3 is 4.90 Å². The van der Waals surface area contributed by atoms with Crippen LogP contribution in [0.1, 0.15) is 70.0 Å². The zero-order valence-electron chi connectivity index (χ0n) is 19.9. The Bertz CT molecular complexity index is 1020. The molecule has 3 unspecified atom stereocenters. The molecule has 0 radical (unpaired) electrons. The second-order valence-electron chi connectivity index (χ2n) is 9.50. The van der Waals surface area contributed by atoms with Crippen LogP contribution in [0.3, 0.4) is 0 Å². The van der Waals surface area contributed by atoms with Crippen molar-refractivity contribution < 1.29 is 9.59 Å². The summed E-state index contributed by atoms with van der Waals surface area (Å²) in [6.07, 6.45) is 3.73. The third-order valence-corrected chi connectivity index (χ3v) is 7.67. The molecule has 5 atom stereocenters. The maximum atomic E-state index is 14.2. The summed E-state index contributed by atoms with van der Waals surface area (Å²) in [4.78, 5) is 28.6. The fraction of sp³-hybridized carbons (Fsp3) is 0.429. The molecule has 5 heteroatoms. The van der Waals surface area contributed by atoms with Gasteiger partial charge >= 0.3 is 0 Å². The number of rotatable bonds is 8. The lowest BCUT2D eigenvalue weighted by Gasteiger charge is -2.53. The van der Waals surface area contributed by atoms with Crippen LogP contribution in [0.2, 0.25) is 10.0 Å². The van der Waals surface area contributed by atoms with E-state index in [1.807, 2.05) is 74.2 Å². The fourth-order valence-corrected chi connectivity index (χ4v) is 5.64. The zero-order valence-corrected chi connectivity index (χ0v) is 21.4. The topological polar surface area (TPSA) is 37.4 Å². The van der Waals surface area contributed by atoms with Crippen molar-refractivity contribution in [3.63, 3.8) is 0 Å². The standard InChI is InChI=1S/C28H33Cl2NO2/c1-6-15-28(5)17-24(21-9-8-10-23(30)16-21)26(20-11-13-22(29)14-12-20)31(27(28)33)25(7-2)18(3)19(4)32/h6,8-14,16,18,24-26H,1,7,15,17H2,2-5H3/t18?,24?,25?,26-,28+/m1/s1. The van der Waals surface area contributed by atoms with Crippen LogP contribution in [0.25, 0.3) is 0 Å². The van der Waals surface area contributed by atoms with Gasteiger partial charge in [0.25, 0.3) is 0 Å². The number of amides is 1. The molecule has 2 aromatic rings. The van der Waals surface area contributed by atoms with Crippen molar-refractivity contribution in [2.24, 2.45) is 11.3 Å². The second kappa shape index (κ2) is 10.4. The minimum absolute atomic E-state index is 0.000679. The number of Topliss-reactive ketones (excluding diaryl/α,β-unsaturated/α-hetero) is 1. The van der Waals surface area contributed by atoms with E-state index in [9.17, 15) is 9.59 Å². The zero-order chi connectivity index (χ0) is 24.3. The number of allylic oxidation sites excluding steroid dienone is 1. The van der Waals surface area contributed by atoms with E-state index in [2.05, 4.69) is 12.6 Å². The van der Waals surface area contributed by atoms with Gasteiger partial charge in [-0.05, 0) is 61.6 Å². The molecule has 1 heterocycles. The molecule has 0 bridgehead atoms. The molecule has 0 N–H and O–H groups in total. The average molecular weight is 486 g/mol. The summed E-state index contributed by atoms with van der Waals surface area (Å²) in [5.41, 5.74) is 1.47. The third kappa shape index (κ3) is 5.20. The summed E-state index contributed by atoms with van der Waals surface area (Å²) in [6, 6.07) is 15.1. The van der Waals surface area contributed by atoms with Crippen LogP contribution in [0.4, 0.5) is 0 Å². The molecule has 1 aliphatic heterocycles. The Hall–Kier alpha value is -2.10. The Kier molecular flexibility index (Phi) is 8.08. The Morgan fingerprint density at radius 3 is 2.39 bits per heavy atom. The molecular formula is C28H33Cl2NO2. The maximum absolute atomic E-state index is 14.2. The highest BCUT2D eigenvalue weighted by molar-refractivity contribution is 6.30. The van der Waals surface area contributed by atoms with Crippen molar-refractivity contribution in [1.82, 2.24) is 4.90 Å². The van der Waals surface area contributed by atoms with Gasteiger partial charge in [0.1, 0.15) is 5.78 Å². The summed E-state index contributed by atoms with van der Waals surface area (Å²) < 4.78 is 0. The van der Waals surface area contributed by atoms with E-state index in [4.69, 9.17) is 23.2 Å². The Labute approximate surface area is 207 Å². The average Bonchev–Trinajstić information content (AvgIpc) is 2.77. The molecule has 176 valence electrons. The summed E-state index contributed by atoms with van der Waals surface area (Å²) in [6.45, 7) is 11.5. The Morgan fingerprint density at radius 2 is 1.85 bits per heavy atom. The van der Waals surface area contributed by atoms with Gasteiger partial charge in [-0.2, -0.15) is 0 Å². The summed E-state index contributed by atoms with van der Waals surface area (Å²) in [7, 11) is 0. The van der Waals surface area contributed by atoms with Crippen molar-refractivity contribution in [3.05, 3.63) is 82.4 Å². The van der Waals surface area contributed by atoms with E-state index in [0.29, 0.717) is 29.3 Å². The van der Waals surface area contributed by atoms with Crippen LogP contribution >= 0.6 is 23.2 Å². The number of hydrogen-bond donors (Lipinski definition) is 0. The van der Waals surface area contributed by atoms with E-state index in [0.717, 1.165) is 11.1 Å². The highest BCUT2D eigenvalue weighted by Crippen LogP contribution is 2.52. The first kappa shape index (κ1) is 25.5. The first-order valence-electron chi connectivity index (χ1n) is 11.6. The second-order valence-corrected chi connectivity index (χ2v) is 10.4. The molecule has 33 heavy (non-hydrogen) atoms. The number of hydrogen-bond acceptors (Lipinski definition) is 2. The first-order valence-corrected chi connectivity index (χ1v) is 12.3. The molecule has 1 amide bonds. The van der Waals surface area contributed by atoms with Gasteiger partial charge in [0.15, 0.2) is 0 Å². The number of nitrogens with zero attached hydrogens (tertiary/aromatic N) is 1. The summed E-state index contributed by atoms with van der Waals surface area (Å²) in [5, 5.41) is 1.31. The highest BCUT2D eigenvalue weighted by Gasteiger charge is 2.51. The number of halogens is 2. The normalized spacial score (nSPS) is 24.9. The fourth-order valence-electron chi connectivity index (χ4n) is 5.31. The van der Waals surface area contributed by atoms with Crippen molar-refractivity contribution in [3.8, 4) is 0 Å². The minimum atomic E-state index is -0.623. The molecule has 1 aliphatic rings. The lowest BCUT2D eigenvalue weighted by atomic mass is 9.66. The largest absolute Gasteiger partial charge is 0.331 e. The minimum Gasteiger partial charge on any atom is -0.331 e. The van der Waals surface area contributed by atoms with Gasteiger partial charge in [-0.3, -0.25) is 9.59 Å². The monoisotopic (exact) mass is 485 g/mol. The van der Waals surface area contributed by atoms with Gasteiger partial charge in [-0.1, -0.05) is 74.3 Å². The predicted molar refractivity (Wildman–Crippen MR) is 137 cm³/mol. The van der Waals surface area contributed by atoms with Crippen molar-refractivity contribution in [1.29, 1.82) is 0 Å². The van der Waals surface area contributed by atoms with Crippen LogP contribution in [0, 0.1) is 11.3 Å². The van der Waals surface area contributed by atoms with Crippen LogP contribution < -0.4 is 0 Å². The number of likely N-dealkylation sites (tertiary alicyclic amines) is 1. The molecule has 2 aromatic carbocycles. The molecule has 1 fully saturated rings. The van der Waals surface area contributed by atoms with Crippen LogP contribution in [0.5, 0.6) is 0 Å². The smallest absolute Gasteiger partial charge is 0.229 e. The number of ketones is 1. The third-order valence-electron chi connectivity index (χ3n) is 7.18. The lowest BCUT2D eigenvalue weighted by molar-refractivity contribution is -0.157. The molecule has 3 rings (SSSR count). The van der Waals surface area contributed by atoms with Crippen LogP contribution in [-0.4, -0.2) is 22.6 Å². The number of carbonyl (C=O) groups excluding carboxylic acids is 2. The van der Waals surface area contributed by atoms with Gasteiger partial charge in [-0.15, -0.1) is 6.58 Å². The number of carbonyl (C=O) groups is 2. The van der Waals surface area contributed by atoms with E-state index in [1.54, 1.807) is 6.92 Å². The van der Waals surface area contributed by atoms with E-state index in [-0.39, 0.29) is 35.6 Å². The van der Waals surface area contributed by atoms with Crippen molar-refractivity contribution in [2.75, 3.05) is 0 Å². The lowest BCUT2D eigenvalue weighted by Crippen LogP contribution is -2.57. The van der Waals surface area contributed by atoms with Gasteiger partial charge in [0.2, 0.25) is 5.91 Å². The molecule has 0 aromatic heterocycles. The quantitative estimate of drug-likeness (QED) is 0.360. The summed E-state index contributed by atoms with van der Waals surface area (Å²) in [5.74, 6) is -0.124. The van der Waals surface area contributed by atoms with E-state index in [1.165, 1.54) is 0 Å².